The van der Waals surface area contributed by atoms with E-state index in [4.69, 9.17) is 9.47 Å². The van der Waals surface area contributed by atoms with Gasteiger partial charge in [-0.05, 0) is 24.5 Å². The van der Waals surface area contributed by atoms with Crippen molar-refractivity contribution < 1.29 is 28.1 Å². The van der Waals surface area contributed by atoms with E-state index in [2.05, 4.69) is 10.1 Å². The molecular weight excluding hydrogens is 368 g/mol. The molecule has 4 rings (SSSR count). The van der Waals surface area contributed by atoms with E-state index in [9.17, 15) is 13.9 Å². The lowest BCUT2D eigenvalue weighted by Gasteiger charge is -2.43. The highest BCUT2D eigenvalue weighted by Crippen LogP contribution is 2.45. The van der Waals surface area contributed by atoms with Crippen molar-refractivity contribution in [2.75, 3.05) is 19.8 Å². The van der Waals surface area contributed by atoms with Crippen LogP contribution in [0.5, 0.6) is 11.5 Å². The predicted molar refractivity (Wildman–Crippen MR) is 98.2 cm³/mol. The second-order valence-electron chi connectivity index (χ2n) is 7.27. The second-order valence-corrected chi connectivity index (χ2v) is 7.27. The highest BCUT2D eigenvalue weighted by molar-refractivity contribution is 5.48. The van der Waals surface area contributed by atoms with Gasteiger partial charge < -0.3 is 24.6 Å². The number of nitrogens with one attached hydrogen (secondary N) is 1. The summed E-state index contributed by atoms with van der Waals surface area (Å²) in [6, 6.07) is 14.5. The second kappa shape index (κ2) is 7.66. The summed E-state index contributed by atoms with van der Waals surface area (Å²) in [5, 5.41) is 13.7. The summed E-state index contributed by atoms with van der Waals surface area (Å²) in [5.74, 6) is 0.0836. The van der Waals surface area contributed by atoms with Gasteiger partial charge in [-0.2, -0.15) is 0 Å². The van der Waals surface area contributed by atoms with Crippen LogP contribution in [0.25, 0.3) is 0 Å². The normalized spacial score (nSPS) is 20.7. The summed E-state index contributed by atoms with van der Waals surface area (Å²) in [6.07, 6.45) is -2.23. The van der Waals surface area contributed by atoms with Gasteiger partial charge in [0.2, 0.25) is 0 Å². The maximum absolute atomic E-state index is 13.5. The molecule has 28 heavy (non-hydrogen) atoms. The minimum atomic E-state index is -3.65. The van der Waals surface area contributed by atoms with Crippen molar-refractivity contribution >= 4 is 0 Å². The summed E-state index contributed by atoms with van der Waals surface area (Å²) < 4.78 is 41.7. The molecule has 2 aliphatic heterocycles. The first-order valence-corrected chi connectivity index (χ1v) is 9.38. The van der Waals surface area contributed by atoms with Gasteiger partial charge in [-0.3, -0.25) is 0 Å². The molecule has 2 aromatic rings. The third-order valence-corrected chi connectivity index (χ3v) is 5.56. The van der Waals surface area contributed by atoms with E-state index >= 15 is 0 Å². The molecule has 1 saturated heterocycles. The minimum Gasteiger partial charge on any atom is -0.396 e. The first kappa shape index (κ1) is 19.1. The maximum atomic E-state index is 13.5. The number of aliphatic hydroxyl groups excluding tert-OH is 1. The molecule has 0 bridgehead atoms. The number of benzene rings is 2. The molecule has 1 unspecified atom stereocenters. The van der Waals surface area contributed by atoms with Gasteiger partial charge in [0, 0.05) is 36.8 Å². The molecular formula is C21H23F2NO4. The Labute approximate surface area is 162 Å². The Balaban J connectivity index is 1.61. The zero-order valence-corrected chi connectivity index (χ0v) is 15.4. The molecule has 2 heterocycles. The van der Waals surface area contributed by atoms with Gasteiger partial charge in [0.05, 0.1) is 6.61 Å². The van der Waals surface area contributed by atoms with Crippen LogP contribution in [0, 0.1) is 5.41 Å². The van der Waals surface area contributed by atoms with Crippen molar-refractivity contribution in [2.45, 2.75) is 31.7 Å². The van der Waals surface area contributed by atoms with E-state index < -0.39 is 11.7 Å². The molecule has 2 aliphatic rings. The van der Waals surface area contributed by atoms with E-state index in [1.54, 1.807) is 12.1 Å². The number of aliphatic hydroxyl groups is 1. The average molecular weight is 391 g/mol. The fraction of sp³-hybridized carbons (Fsp3) is 0.429. The van der Waals surface area contributed by atoms with Crippen molar-refractivity contribution in [3.63, 3.8) is 0 Å². The van der Waals surface area contributed by atoms with E-state index in [1.165, 1.54) is 6.07 Å². The van der Waals surface area contributed by atoms with Crippen LogP contribution in [0.15, 0.2) is 48.5 Å². The van der Waals surface area contributed by atoms with Crippen molar-refractivity contribution in [1.29, 1.82) is 0 Å². The molecule has 0 amide bonds. The Bertz CT molecular complexity index is 809. The lowest BCUT2D eigenvalue weighted by atomic mass is 9.72. The number of halogens is 2. The number of hydrogen-bond donors (Lipinski definition) is 2. The molecule has 0 spiro atoms. The summed E-state index contributed by atoms with van der Waals surface area (Å²) >= 11 is 0. The fourth-order valence-corrected chi connectivity index (χ4v) is 4.03. The van der Waals surface area contributed by atoms with Gasteiger partial charge in [-0.25, -0.2) is 0 Å². The quantitative estimate of drug-likeness (QED) is 0.788. The van der Waals surface area contributed by atoms with Gasteiger partial charge in [-0.15, -0.1) is 8.78 Å². The number of hydrogen-bond acceptors (Lipinski definition) is 5. The van der Waals surface area contributed by atoms with Crippen LogP contribution in [0.2, 0.25) is 0 Å². The molecule has 0 saturated carbocycles. The molecule has 7 heteroatoms. The highest BCUT2D eigenvalue weighted by Gasteiger charge is 2.45. The van der Waals surface area contributed by atoms with Crippen LogP contribution < -0.4 is 14.8 Å². The summed E-state index contributed by atoms with van der Waals surface area (Å²) in [7, 11) is 0. The lowest BCUT2D eigenvalue weighted by molar-refractivity contribution is -0.287. The lowest BCUT2D eigenvalue weighted by Crippen LogP contribution is -2.44. The van der Waals surface area contributed by atoms with Crippen molar-refractivity contribution in [2.24, 2.45) is 5.41 Å². The summed E-state index contributed by atoms with van der Waals surface area (Å²) in [5.41, 5.74) is 1.23. The first-order chi connectivity index (χ1) is 13.5. The molecule has 5 nitrogen and oxygen atoms in total. The van der Waals surface area contributed by atoms with Crippen LogP contribution in [-0.4, -0.2) is 31.2 Å². The van der Waals surface area contributed by atoms with Gasteiger partial charge in [0.15, 0.2) is 11.5 Å². The van der Waals surface area contributed by atoms with Crippen LogP contribution in [-0.2, 0) is 11.3 Å². The van der Waals surface area contributed by atoms with Crippen LogP contribution in [0.1, 0.15) is 30.0 Å². The van der Waals surface area contributed by atoms with E-state index in [-0.39, 0.29) is 24.1 Å². The molecule has 1 atom stereocenters. The predicted octanol–water partition coefficient (Wildman–Crippen LogP) is 3.63. The zero-order chi connectivity index (χ0) is 19.6. The number of ether oxygens (including phenoxy) is 3. The third-order valence-electron chi connectivity index (χ3n) is 5.56. The van der Waals surface area contributed by atoms with Crippen molar-refractivity contribution in [3.05, 3.63) is 59.7 Å². The Hall–Kier alpha value is -2.22. The van der Waals surface area contributed by atoms with Crippen molar-refractivity contribution in [3.8, 4) is 11.5 Å². The van der Waals surface area contributed by atoms with Crippen LogP contribution in [0.4, 0.5) is 8.78 Å². The van der Waals surface area contributed by atoms with Gasteiger partial charge in [-0.1, -0.05) is 42.5 Å². The smallest absolute Gasteiger partial charge is 0.396 e. The number of alkyl halides is 2. The minimum absolute atomic E-state index is 0.00744. The summed E-state index contributed by atoms with van der Waals surface area (Å²) in [4.78, 5) is 0. The number of fused-ring (bicyclic) bond motifs is 1. The monoisotopic (exact) mass is 391 g/mol. The van der Waals surface area contributed by atoms with Gasteiger partial charge >= 0.3 is 6.29 Å². The maximum Gasteiger partial charge on any atom is 0.586 e. The molecule has 0 radical (unpaired) electrons. The molecule has 2 N–H and O–H groups in total. The van der Waals surface area contributed by atoms with E-state index in [0.29, 0.717) is 38.2 Å². The molecule has 1 fully saturated rings. The molecule has 0 aromatic heterocycles. The average Bonchev–Trinajstić information content (AvgIpc) is 3.04. The zero-order valence-electron chi connectivity index (χ0n) is 15.4. The Morgan fingerprint density at radius 1 is 1.00 bits per heavy atom. The number of para-hydroxylation sites is 1. The summed E-state index contributed by atoms with van der Waals surface area (Å²) in [6.45, 7) is 1.46. The van der Waals surface area contributed by atoms with Crippen LogP contribution >= 0.6 is 0 Å². The fourth-order valence-electron chi connectivity index (χ4n) is 4.03. The Morgan fingerprint density at radius 2 is 1.75 bits per heavy atom. The SMILES string of the molecule is OCC1(C(NCc2cccc3c2OC(F)(F)O3)c2ccccc2)CCOCC1. The van der Waals surface area contributed by atoms with Gasteiger partial charge in [0.25, 0.3) is 0 Å². The van der Waals surface area contributed by atoms with Gasteiger partial charge in [0.1, 0.15) is 0 Å². The Morgan fingerprint density at radius 3 is 2.46 bits per heavy atom. The van der Waals surface area contributed by atoms with E-state index in [0.717, 1.165) is 5.56 Å². The first-order valence-electron chi connectivity index (χ1n) is 9.38. The van der Waals surface area contributed by atoms with E-state index in [1.807, 2.05) is 30.3 Å². The topological polar surface area (TPSA) is 60.0 Å². The van der Waals surface area contributed by atoms with Crippen LogP contribution in [0.3, 0.4) is 0 Å². The third kappa shape index (κ3) is 3.70. The number of rotatable bonds is 6. The Kier molecular flexibility index (Phi) is 5.23. The highest BCUT2D eigenvalue weighted by atomic mass is 19.3. The standard InChI is InChI=1S/C21H23F2NO4/c22-21(23)27-17-8-4-7-16(18(17)28-21)13-24-19(15-5-2-1-3-6-15)20(14-25)9-11-26-12-10-20/h1-8,19,24-25H,9-14H2. The molecule has 150 valence electrons. The molecule has 2 aromatic carbocycles. The largest absolute Gasteiger partial charge is 0.586 e. The molecule has 0 aliphatic carbocycles. The van der Waals surface area contributed by atoms with Crippen molar-refractivity contribution in [1.82, 2.24) is 5.32 Å².